The van der Waals surface area contributed by atoms with Crippen LogP contribution in [0.15, 0.2) is 42.5 Å². The average molecular weight is 291 g/mol. The van der Waals surface area contributed by atoms with Gasteiger partial charge in [0.2, 0.25) is 0 Å². The van der Waals surface area contributed by atoms with E-state index in [1.54, 1.807) is 31.2 Å². The summed E-state index contributed by atoms with van der Waals surface area (Å²) in [6.45, 7) is 1.59. The van der Waals surface area contributed by atoms with E-state index in [1.165, 1.54) is 18.2 Å². The van der Waals surface area contributed by atoms with E-state index in [4.69, 9.17) is 11.6 Å². The standard InChI is InChI=1S/C14H11ClN2O3/c1-9-8-10(6-7-13(9)17(19)20)14(18)16-12-5-3-2-4-11(12)15/h2-8H,1H3,(H,16,18). The Morgan fingerprint density at radius 2 is 1.95 bits per heavy atom. The molecule has 0 radical (unpaired) electrons. The van der Waals surface area contributed by atoms with Gasteiger partial charge in [-0.2, -0.15) is 0 Å². The molecule has 0 spiro atoms. The fraction of sp³-hybridized carbons (Fsp3) is 0.0714. The van der Waals surface area contributed by atoms with E-state index in [1.807, 2.05) is 0 Å². The van der Waals surface area contributed by atoms with Crippen LogP contribution in [-0.2, 0) is 0 Å². The van der Waals surface area contributed by atoms with E-state index in [0.717, 1.165) is 0 Å². The molecule has 0 fully saturated rings. The Balaban J connectivity index is 2.24. The molecule has 2 rings (SSSR count). The molecule has 0 aliphatic carbocycles. The first kappa shape index (κ1) is 14.0. The molecule has 0 saturated carbocycles. The fourth-order valence-corrected chi connectivity index (χ4v) is 1.94. The lowest BCUT2D eigenvalue weighted by Gasteiger charge is -2.07. The van der Waals surface area contributed by atoms with Crippen LogP contribution in [0.1, 0.15) is 15.9 Å². The van der Waals surface area contributed by atoms with Crippen molar-refractivity contribution >= 4 is 28.9 Å². The smallest absolute Gasteiger partial charge is 0.272 e. The monoisotopic (exact) mass is 290 g/mol. The van der Waals surface area contributed by atoms with Gasteiger partial charge in [-0.05, 0) is 31.2 Å². The van der Waals surface area contributed by atoms with Gasteiger partial charge in [-0.3, -0.25) is 14.9 Å². The van der Waals surface area contributed by atoms with Crippen LogP contribution in [0, 0.1) is 17.0 Å². The predicted molar refractivity (Wildman–Crippen MR) is 77.2 cm³/mol. The Bertz CT molecular complexity index is 686. The molecule has 0 saturated heterocycles. The normalized spacial score (nSPS) is 10.1. The Hall–Kier alpha value is -2.40. The molecule has 1 N–H and O–H groups in total. The Kier molecular flexibility index (Phi) is 4.00. The third-order valence-corrected chi connectivity index (χ3v) is 3.11. The third kappa shape index (κ3) is 2.95. The van der Waals surface area contributed by atoms with Crippen molar-refractivity contribution < 1.29 is 9.72 Å². The maximum atomic E-state index is 12.1. The zero-order chi connectivity index (χ0) is 14.7. The molecule has 1 amide bonds. The molecule has 5 nitrogen and oxygen atoms in total. The van der Waals surface area contributed by atoms with Crippen molar-refractivity contribution in [1.29, 1.82) is 0 Å². The van der Waals surface area contributed by atoms with Gasteiger partial charge < -0.3 is 5.32 Å². The number of aryl methyl sites for hydroxylation is 1. The number of amides is 1. The van der Waals surface area contributed by atoms with Crippen LogP contribution in [0.4, 0.5) is 11.4 Å². The van der Waals surface area contributed by atoms with Crippen molar-refractivity contribution in [3.63, 3.8) is 0 Å². The van der Waals surface area contributed by atoms with Crippen molar-refractivity contribution in [1.82, 2.24) is 0 Å². The lowest BCUT2D eigenvalue weighted by molar-refractivity contribution is -0.385. The topological polar surface area (TPSA) is 72.2 Å². The molecule has 2 aromatic carbocycles. The Morgan fingerprint density at radius 1 is 1.25 bits per heavy atom. The summed E-state index contributed by atoms with van der Waals surface area (Å²) >= 11 is 5.95. The van der Waals surface area contributed by atoms with Crippen LogP contribution in [0.5, 0.6) is 0 Å². The highest BCUT2D eigenvalue weighted by Crippen LogP contribution is 2.23. The molecule has 0 heterocycles. The maximum absolute atomic E-state index is 12.1. The maximum Gasteiger partial charge on any atom is 0.272 e. The second kappa shape index (κ2) is 5.71. The summed E-state index contributed by atoms with van der Waals surface area (Å²) in [7, 11) is 0. The number of para-hydroxylation sites is 1. The summed E-state index contributed by atoms with van der Waals surface area (Å²) in [6.07, 6.45) is 0. The number of hydrogen-bond donors (Lipinski definition) is 1. The highest BCUT2D eigenvalue weighted by atomic mass is 35.5. The Labute approximate surface area is 120 Å². The number of benzene rings is 2. The Morgan fingerprint density at radius 3 is 2.55 bits per heavy atom. The molecule has 102 valence electrons. The average Bonchev–Trinajstić information content (AvgIpc) is 2.40. The molecule has 0 aromatic heterocycles. The van der Waals surface area contributed by atoms with Crippen LogP contribution in [0.2, 0.25) is 5.02 Å². The van der Waals surface area contributed by atoms with Gasteiger partial charge in [0.05, 0.1) is 15.6 Å². The van der Waals surface area contributed by atoms with E-state index in [-0.39, 0.29) is 11.6 Å². The van der Waals surface area contributed by atoms with Crippen molar-refractivity contribution in [2.24, 2.45) is 0 Å². The number of rotatable bonds is 3. The molecule has 0 aliphatic rings. The summed E-state index contributed by atoms with van der Waals surface area (Å²) < 4.78 is 0. The summed E-state index contributed by atoms with van der Waals surface area (Å²) in [5.74, 6) is -0.365. The zero-order valence-electron chi connectivity index (χ0n) is 10.6. The number of carbonyl (C=O) groups is 1. The van der Waals surface area contributed by atoms with Gasteiger partial charge in [0.15, 0.2) is 0 Å². The van der Waals surface area contributed by atoms with Gasteiger partial charge in [-0.1, -0.05) is 23.7 Å². The van der Waals surface area contributed by atoms with Crippen LogP contribution in [-0.4, -0.2) is 10.8 Å². The largest absolute Gasteiger partial charge is 0.321 e. The number of nitro groups is 1. The first-order valence-electron chi connectivity index (χ1n) is 5.80. The molecule has 0 bridgehead atoms. The third-order valence-electron chi connectivity index (χ3n) is 2.78. The van der Waals surface area contributed by atoms with Gasteiger partial charge in [0.25, 0.3) is 11.6 Å². The fourth-order valence-electron chi connectivity index (χ4n) is 1.76. The van der Waals surface area contributed by atoms with Crippen molar-refractivity contribution in [3.05, 3.63) is 68.7 Å². The van der Waals surface area contributed by atoms with Crippen molar-refractivity contribution in [2.45, 2.75) is 6.92 Å². The summed E-state index contributed by atoms with van der Waals surface area (Å²) in [5.41, 5.74) is 1.25. The SMILES string of the molecule is Cc1cc(C(=O)Nc2ccccc2Cl)ccc1[N+](=O)[O-]. The minimum Gasteiger partial charge on any atom is -0.321 e. The zero-order valence-corrected chi connectivity index (χ0v) is 11.3. The van der Waals surface area contributed by atoms with Gasteiger partial charge in [-0.25, -0.2) is 0 Å². The summed E-state index contributed by atoms with van der Waals surface area (Å²) in [5, 5.41) is 13.8. The number of nitrogens with zero attached hydrogens (tertiary/aromatic N) is 1. The molecule has 0 atom stereocenters. The minimum absolute atomic E-state index is 0.0145. The highest BCUT2D eigenvalue weighted by Gasteiger charge is 2.14. The van der Waals surface area contributed by atoms with Gasteiger partial charge in [-0.15, -0.1) is 0 Å². The van der Waals surface area contributed by atoms with Gasteiger partial charge >= 0.3 is 0 Å². The number of anilines is 1. The molecular formula is C14H11ClN2O3. The summed E-state index contributed by atoms with van der Waals surface area (Å²) in [4.78, 5) is 22.3. The van der Waals surface area contributed by atoms with Crippen molar-refractivity contribution in [3.8, 4) is 0 Å². The van der Waals surface area contributed by atoms with Gasteiger partial charge in [0.1, 0.15) is 0 Å². The van der Waals surface area contributed by atoms with E-state index < -0.39 is 4.92 Å². The van der Waals surface area contributed by atoms with E-state index >= 15 is 0 Å². The molecular weight excluding hydrogens is 280 g/mol. The molecule has 20 heavy (non-hydrogen) atoms. The second-order valence-electron chi connectivity index (χ2n) is 4.19. The summed E-state index contributed by atoms with van der Waals surface area (Å²) in [6, 6.07) is 11.1. The number of carbonyl (C=O) groups excluding carboxylic acids is 1. The number of halogens is 1. The van der Waals surface area contributed by atoms with Crippen molar-refractivity contribution in [2.75, 3.05) is 5.32 Å². The van der Waals surface area contributed by atoms with Crippen LogP contribution in [0.3, 0.4) is 0 Å². The highest BCUT2D eigenvalue weighted by molar-refractivity contribution is 6.33. The molecule has 0 aliphatic heterocycles. The predicted octanol–water partition coefficient (Wildman–Crippen LogP) is 3.81. The van der Waals surface area contributed by atoms with Crippen LogP contribution < -0.4 is 5.32 Å². The molecule has 6 heteroatoms. The second-order valence-corrected chi connectivity index (χ2v) is 4.60. The lowest BCUT2D eigenvalue weighted by Crippen LogP contribution is -2.12. The van der Waals surface area contributed by atoms with Crippen LogP contribution >= 0.6 is 11.6 Å². The molecule has 2 aromatic rings. The number of nitro benzene ring substituents is 1. The van der Waals surface area contributed by atoms with E-state index in [9.17, 15) is 14.9 Å². The number of hydrogen-bond acceptors (Lipinski definition) is 3. The number of nitrogens with one attached hydrogen (secondary N) is 1. The first-order chi connectivity index (χ1) is 9.49. The minimum atomic E-state index is -0.481. The van der Waals surface area contributed by atoms with E-state index in [2.05, 4.69) is 5.32 Å². The quantitative estimate of drug-likeness (QED) is 0.690. The first-order valence-corrected chi connectivity index (χ1v) is 6.18. The van der Waals surface area contributed by atoms with Crippen LogP contribution in [0.25, 0.3) is 0 Å². The molecule has 0 unspecified atom stereocenters. The van der Waals surface area contributed by atoms with Gasteiger partial charge in [0, 0.05) is 17.2 Å². The lowest BCUT2D eigenvalue weighted by atomic mass is 10.1. The van der Waals surface area contributed by atoms with E-state index in [0.29, 0.717) is 21.8 Å².